The summed E-state index contributed by atoms with van der Waals surface area (Å²) >= 11 is 12.1. The Hall–Kier alpha value is -1.75. The Morgan fingerprint density at radius 2 is 2.04 bits per heavy atom. The minimum Gasteiger partial charge on any atom is -0.490 e. The number of amides is 1. The zero-order chi connectivity index (χ0) is 16.9. The van der Waals surface area contributed by atoms with E-state index in [1.165, 1.54) is 0 Å². The molecule has 24 heavy (non-hydrogen) atoms. The number of rotatable bonds is 5. The van der Waals surface area contributed by atoms with Crippen molar-refractivity contribution in [2.45, 2.75) is 18.9 Å². The highest BCUT2D eigenvalue weighted by molar-refractivity contribution is 6.44. The topological polar surface area (TPSA) is 47.6 Å². The summed E-state index contributed by atoms with van der Waals surface area (Å²) in [6, 6.07) is 12.2. The Labute approximate surface area is 150 Å². The van der Waals surface area contributed by atoms with E-state index in [9.17, 15) is 4.79 Å². The van der Waals surface area contributed by atoms with Gasteiger partial charge >= 0.3 is 0 Å². The average molecular weight is 366 g/mol. The second-order valence-electron chi connectivity index (χ2n) is 5.50. The van der Waals surface area contributed by atoms with E-state index in [0.717, 1.165) is 19.4 Å². The van der Waals surface area contributed by atoms with Gasteiger partial charge in [-0.1, -0.05) is 41.4 Å². The van der Waals surface area contributed by atoms with Crippen LogP contribution < -0.4 is 10.1 Å². The van der Waals surface area contributed by atoms with Gasteiger partial charge in [0.25, 0.3) is 5.91 Å². The standard InChI is InChI=1S/C18H17Cl2NO3/c19-14-7-3-8-15(17(14)20)21-18(22)13-6-1-2-9-16(13)24-11-12-5-4-10-23-12/h1-3,6-9,12H,4-5,10-11H2,(H,21,22). The second kappa shape index (κ2) is 7.88. The fourth-order valence-electron chi connectivity index (χ4n) is 2.53. The van der Waals surface area contributed by atoms with Gasteiger partial charge in [-0.3, -0.25) is 4.79 Å². The molecule has 6 heteroatoms. The summed E-state index contributed by atoms with van der Waals surface area (Å²) in [6.45, 7) is 1.20. The summed E-state index contributed by atoms with van der Waals surface area (Å²) in [5, 5.41) is 3.47. The van der Waals surface area contributed by atoms with Crippen LogP contribution in [0.2, 0.25) is 10.0 Å². The van der Waals surface area contributed by atoms with Crippen molar-refractivity contribution in [3.63, 3.8) is 0 Å². The molecule has 1 N–H and O–H groups in total. The fraction of sp³-hybridized carbons (Fsp3) is 0.278. The van der Waals surface area contributed by atoms with E-state index in [1.54, 1.807) is 36.4 Å². The van der Waals surface area contributed by atoms with Gasteiger partial charge in [-0.05, 0) is 37.1 Å². The van der Waals surface area contributed by atoms with Crippen LogP contribution in [0.3, 0.4) is 0 Å². The van der Waals surface area contributed by atoms with Gasteiger partial charge in [0.05, 0.1) is 27.4 Å². The third kappa shape index (κ3) is 4.01. The zero-order valence-corrected chi connectivity index (χ0v) is 14.4. The highest BCUT2D eigenvalue weighted by Crippen LogP contribution is 2.30. The first-order chi connectivity index (χ1) is 11.6. The van der Waals surface area contributed by atoms with Crippen LogP contribution in [0.1, 0.15) is 23.2 Å². The Balaban J connectivity index is 1.73. The minimum absolute atomic E-state index is 0.0866. The monoisotopic (exact) mass is 365 g/mol. The van der Waals surface area contributed by atoms with Crippen molar-refractivity contribution >= 4 is 34.8 Å². The molecule has 0 saturated carbocycles. The number of carbonyl (C=O) groups is 1. The van der Waals surface area contributed by atoms with Crippen LogP contribution >= 0.6 is 23.2 Å². The number of halogens is 2. The lowest BCUT2D eigenvalue weighted by Gasteiger charge is -2.15. The fourth-order valence-corrected chi connectivity index (χ4v) is 2.88. The van der Waals surface area contributed by atoms with E-state index in [1.807, 2.05) is 6.07 Å². The Morgan fingerprint density at radius 1 is 1.21 bits per heavy atom. The molecular formula is C18H17Cl2NO3. The predicted octanol–water partition coefficient (Wildman–Crippen LogP) is 4.80. The summed E-state index contributed by atoms with van der Waals surface area (Å²) in [5.74, 6) is 0.214. The number of hydrogen-bond donors (Lipinski definition) is 1. The Bertz CT molecular complexity index is 730. The molecule has 1 saturated heterocycles. The van der Waals surface area contributed by atoms with E-state index in [0.29, 0.717) is 33.7 Å². The molecule has 0 spiro atoms. The van der Waals surface area contributed by atoms with Crippen LogP contribution in [0.25, 0.3) is 0 Å². The van der Waals surface area contributed by atoms with E-state index < -0.39 is 0 Å². The Kier molecular flexibility index (Phi) is 5.61. The second-order valence-corrected chi connectivity index (χ2v) is 6.28. The number of carbonyl (C=O) groups excluding carboxylic acids is 1. The van der Waals surface area contributed by atoms with Gasteiger partial charge in [0.2, 0.25) is 0 Å². The molecule has 1 aliphatic heterocycles. The Morgan fingerprint density at radius 3 is 2.83 bits per heavy atom. The number of hydrogen-bond acceptors (Lipinski definition) is 3. The van der Waals surface area contributed by atoms with Crippen molar-refractivity contribution in [1.82, 2.24) is 0 Å². The molecule has 0 radical (unpaired) electrons. The van der Waals surface area contributed by atoms with Gasteiger partial charge in [0.15, 0.2) is 0 Å². The highest BCUT2D eigenvalue weighted by Gasteiger charge is 2.19. The predicted molar refractivity (Wildman–Crippen MR) is 95.3 cm³/mol. The third-order valence-electron chi connectivity index (χ3n) is 3.78. The van der Waals surface area contributed by atoms with E-state index in [2.05, 4.69) is 5.32 Å². The van der Waals surface area contributed by atoms with Crippen molar-refractivity contribution < 1.29 is 14.3 Å². The molecule has 1 atom stereocenters. The van der Waals surface area contributed by atoms with Gasteiger partial charge in [-0.2, -0.15) is 0 Å². The summed E-state index contributed by atoms with van der Waals surface area (Å²) < 4.78 is 11.3. The molecule has 1 heterocycles. The van der Waals surface area contributed by atoms with Crippen LogP contribution in [-0.4, -0.2) is 25.2 Å². The van der Waals surface area contributed by atoms with Gasteiger partial charge in [0.1, 0.15) is 12.4 Å². The smallest absolute Gasteiger partial charge is 0.259 e. The molecule has 1 fully saturated rings. The number of benzene rings is 2. The zero-order valence-electron chi connectivity index (χ0n) is 12.9. The van der Waals surface area contributed by atoms with Gasteiger partial charge in [-0.15, -0.1) is 0 Å². The third-order valence-corrected chi connectivity index (χ3v) is 4.60. The molecule has 2 aromatic rings. The first-order valence-corrected chi connectivity index (χ1v) is 8.49. The maximum atomic E-state index is 12.6. The lowest BCUT2D eigenvalue weighted by Crippen LogP contribution is -2.19. The van der Waals surface area contributed by atoms with E-state index in [4.69, 9.17) is 32.7 Å². The van der Waals surface area contributed by atoms with Crippen LogP contribution in [-0.2, 0) is 4.74 Å². The SMILES string of the molecule is O=C(Nc1cccc(Cl)c1Cl)c1ccccc1OCC1CCCO1. The van der Waals surface area contributed by atoms with Gasteiger partial charge in [-0.25, -0.2) is 0 Å². The molecular weight excluding hydrogens is 349 g/mol. The van der Waals surface area contributed by atoms with Crippen molar-refractivity contribution in [2.24, 2.45) is 0 Å². The number of anilines is 1. The quantitative estimate of drug-likeness (QED) is 0.827. The molecule has 1 unspecified atom stereocenters. The van der Waals surface area contributed by atoms with E-state index >= 15 is 0 Å². The maximum absolute atomic E-state index is 12.6. The normalized spacial score (nSPS) is 16.8. The molecule has 0 bridgehead atoms. The molecule has 0 aromatic heterocycles. The lowest BCUT2D eigenvalue weighted by atomic mass is 10.1. The average Bonchev–Trinajstić information content (AvgIpc) is 3.11. The molecule has 126 valence electrons. The van der Waals surface area contributed by atoms with Crippen LogP contribution in [0.5, 0.6) is 5.75 Å². The van der Waals surface area contributed by atoms with Gasteiger partial charge < -0.3 is 14.8 Å². The number of ether oxygens (including phenoxy) is 2. The summed E-state index contributed by atoms with van der Waals surface area (Å²) in [7, 11) is 0. The van der Waals surface area contributed by atoms with Crippen molar-refractivity contribution in [2.75, 3.05) is 18.5 Å². The van der Waals surface area contributed by atoms with Crippen LogP contribution in [0.4, 0.5) is 5.69 Å². The summed E-state index contributed by atoms with van der Waals surface area (Å²) in [5.41, 5.74) is 0.898. The molecule has 2 aromatic carbocycles. The number of nitrogens with one attached hydrogen (secondary N) is 1. The molecule has 0 aliphatic carbocycles. The first-order valence-electron chi connectivity index (χ1n) is 7.74. The lowest BCUT2D eigenvalue weighted by molar-refractivity contribution is 0.0673. The molecule has 1 aliphatic rings. The maximum Gasteiger partial charge on any atom is 0.259 e. The molecule has 3 rings (SSSR count). The summed E-state index contributed by atoms with van der Waals surface area (Å²) in [4.78, 5) is 12.6. The van der Waals surface area contributed by atoms with Crippen molar-refractivity contribution in [3.05, 3.63) is 58.1 Å². The first kappa shape index (κ1) is 17.1. The van der Waals surface area contributed by atoms with Crippen LogP contribution in [0, 0.1) is 0 Å². The number of para-hydroxylation sites is 1. The van der Waals surface area contributed by atoms with Gasteiger partial charge in [0, 0.05) is 6.61 Å². The summed E-state index contributed by atoms with van der Waals surface area (Å²) in [6.07, 6.45) is 2.11. The molecule has 4 nitrogen and oxygen atoms in total. The largest absolute Gasteiger partial charge is 0.490 e. The van der Waals surface area contributed by atoms with Crippen molar-refractivity contribution in [3.8, 4) is 5.75 Å². The minimum atomic E-state index is -0.304. The molecule has 1 amide bonds. The highest BCUT2D eigenvalue weighted by atomic mass is 35.5. The van der Waals surface area contributed by atoms with Crippen LogP contribution in [0.15, 0.2) is 42.5 Å². The van der Waals surface area contributed by atoms with Crippen molar-refractivity contribution in [1.29, 1.82) is 0 Å². The van der Waals surface area contributed by atoms with E-state index in [-0.39, 0.29) is 12.0 Å².